The van der Waals surface area contributed by atoms with Crippen LogP contribution in [-0.4, -0.2) is 22.4 Å². The molecule has 0 unspecified atom stereocenters. The lowest BCUT2D eigenvalue weighted by Crippen LogP contribution is -2.26. The predicted molar refractivity (Wildman–Crippen MR) is 103 cm³/mol. The minimum Gasteiger partial charge on any atom is -0.326 e. The average Bonchev–Trinajstić information content (AvgIpc) is 2.69. The van der Waals surface area contributed by atoms with E-state index in [0.29, 0.717) is 11.6 Å². The number of rotatable bonds is 3. The molecule has 0 atom stereocenters. The van der Waals surface area contributed by atoms with Crippen molar-refractivity contribution in [1.82, 2.24) is 9.97 Å². The first kappa shape index (κ1) is 18.0. The van der Waals surface area contributed by atoms with Gasteiger partial charge in [0.1, 0.15) is 29.0 Å². The summed E-state index contributed by atoms with van der Waals surface area (Å²) in [5.74, 6) is -1.08. The largest absolute Gasteiger partial charge is 0.326 e. The molecule has 1 amide bonds. The van der Waals surface area contributed by atoms with Gasteiger partial charge in [0.15, 0.2) is 0 Å². The molecule has 2 aromatic carbocycles. The number of hydrogen-bond donors (Lipinski definition) is 1. The molecule has 0 saturated heterocycles. The van der Waals surface area contributed by atoms with Crippen molar-refractivity contribution in [3.63, 3.8) is 0 Å². The third kappa shape index (κ3) is 3.55. The molecule has 0 aliphatic carbocycles. The van der Waals surface area contributed by atoms with Crippen molar-refractivity contribution < 1.29 is 13.6 Å². The van der Waals surface area contributed by atoms with Crippen LogP contribution in [0.1, 0.15) is 28.3 Å². The van der Waals surface area contributed by atoms with Gasteiger partial charge in [-0.1, -0.05) is 18.2 Å². The van der Waals surface area contributed by atoms with Crippen LogP contribution >= 0.6 is 0 Å². The van der Waals surface area contributed by atoms with E-state index < -0.39 is 17.5 Å². The van der Waals surface area contributed by atoms with E-state index in [1.165, 1.54) is 11.6 Å². The molecule has 4 rings (SSSR count). The van der Waals surface area contributed by atoms with Gasteiger partial charge in [-0.3, -0.25) is 4.79 Å². The Morgan fingerprint density at radius 3 is 2.75 bits per heavy atom. The molecule has 0 bridgehead atoms. The number of carbonyl (C=O) groups excluding carboxylic acids is 1. The Balaban J connectivity index is 1.65. The van der Waals surface area contributed by atoms with Gasteiger partial charge >= 0.3 is 0 Å². The summed E-state index contributed by atoms with van der Waals surface area (Å²) < 4.78 is 26.9. The highest BCUT2D eigenvalue weighted by Gasteiger charge is 2.21. The maximum Gasteiger partial charge on any atom is 0.274 e. The molecule has 28 heavy (non-hydrogen) atoms. The highest BCUT2D eigenvalue weighted by atomic mass is 19.1. The SMILES string of the molecule is Cc1nc(C(=O)Nc2ccc(F)cc2F)cc(N2CCCc3ccccc32)n1. The van der Waals surface area contributed by atoms with E-state index >= 15 is 0 Å². The number of amides is 1. The summed E-state index contributed by atoms with van der Waals surface area (Å²) in [7, 11) is 0. The van der Waals surface area contributed by atoms with E-state index in [2.05, 4.69) is 26.3 Å². The Labute approximate surface area is 161 Å². The van der Waals surface area contributed by atoms with Gasteiger partial charge in [0.25, 0.3) is 5.91 Å². The number of hydrogen-bond acceptors (Lipinski definition) is 4. The van der Waals surface area contributed by atoms with Gasteiger partial charge in [-0.25, -0.2) is 18.7 Å². The molecule has 5 nitrogen and oxygen atoms in total. The zero-order valence-electron chi connectivity index (χ0n) is 15.2. The zero-order chi connectivity index (χ0) is 19.7. The molecule has 1 aliphatic rings. The summed E-state index contributed by atoms with van der Waals surface area (Å²) in [6.07, 6.45) is 1.97. The van der Waals surface area contributed by atoms with Crippen LogP contribution in [0.5, 0.6) is 0 Å². The second-order valence-corrected chi connectivity index (χ2v) is 6.62. The monoisotopic (exact) mass is 380 g/mol. The number of nitrogens with one attached hydrogen (secondary N) is 1. The summed E-state index contributed by atoms with van der Waals surface area (Å²) in [6, 6.07) is 12.7. The van der Waals surface area contributed by atoms with Crippen LogP contribution in [0.15, 0.2) is 48.5 Å². The molecule has 0 fully saturated rings. The number of para-hydroxylation sites is 1. The molecule has 0 radical (unpaired) electrons. The number of fused-ring (bicyclic) bond motifs is 1. The Morgan fingerprint density at radius 2 is 1.93 bits per heavy atom. The number of aromatic nitrogens is 2. The number of aryl methyl sites for hydroxylation is 2. The van der Waals surface area contributed by atoms with Crippen LogP contribution in [-0.2, 0) is 6.42 Å². The van der Waals surface area contributed by atoms with Crippen molar-refractivity contribution in [2.45, 2.75) is 19.8 Å². The standard InChI is InChI=1S/C21H18F2N4O/c1-13-24-18(21(28)26-17-9-8-15(22)11-16(17)23)12-20(25-13)27-10-4-6-14-5-2-3-7-19(14)27/h2-3,5,7-9,11-12H,4,6,10H2,1H3,(H,26,28). The molecule has 0 saturated carbocycles. The van der Waals surface area contributed by atoms with Gasteiger partial charge < -0.3 is 10.2 Å². The van der Waals surface area contributed by atoms with Gasteiger partial charge in [-0.2, -0.15) is 0 Å². The molecule has 1 aromatic heterocycles. The van der Waals surface area contributed by atoms with Gasteiger partial charge in [0.05, 0.1) is 5.69 Å². The van der Waals surface area contributed by atoms with Crippen molar-refractivity contribution in [2.24, 2.45) is 0 Å². The maximum absolute atomic E-state index is 13.8. The molecule has 0 spiro atoms. The highest BCUT2D eigenvalue weighted by molar-refractivity contribution is 6.03. The van der Waals surface area contributed by atoms with E-state index in [1.807, 2.05) is 18.2 Å². The molecule has 142 valence electrons. The van der Waals surface area contributed by atoms with Crippen molar-refractivity contribution in [3.05, 3.63) is 77.2 Å². The molecule has 1 aliphatic heterocycles. The molecule has 1 N–H and O–H groups in total. The smallest absolute Gasteiger partial charge is 0.274 e. The maximum atomic E-state index is 13.8. The van der Waals surface area contributed by atoms with Crippen LogP contribution in [0.4, 0.5) is 26.0 Å². The van der Waals surface area contributed by atoms with E-state index in [-0.39, 0.29) is 11.4 Å². The van der Waals surface area contributed by atoms with Gasteiger partial charge in [-0.15, -0.1) is 0 Å². The summed E-state index contributed by atoms with van der Waals surface area (Å²) in [6.45, 7) is 2.48. The third-order valence-electron chi connectivity index (χ3n) is 4.62. The lowest BCUT2D eigenvalue weighted by atomic mass is 10.0. The first-order valence-electron chi connectivity index (χ1n) is 8.99. The van der Waals surface area contributed by atoms with Crippen LogP contribution in [0.25, 0.3) is 0 Å². The van der Waals surface area contributed by atoms with Gasteiger partial charge in [-0.05, 0) is 43.5 Å². The van der Waals surface area contributed by atoms with E-state index in [4.69, 9.17) is 0 Å². The van der Waals surface area contributed by atoms with E-state index in [1.54, 1.807) is 13.0 Å². The fourth-order valence-corrected chi connectivity index (χ4v) is 3.36. The quantitative estimate of drug-likeness (QED) is 0.732. The van der Waals surface area contributed by atoms with Crippen LogP contribution in [0.3, 0.4) is 0 Å². The first-order chi connectivity index (χ1) is 13.5. The van der Waals surface area contributed by atoms with Crippen molar-refractivity contribution in [1.29, 1.82) is 0 Å². The van der Waals surface area contributed by atoms with Gasteiger partial charge in [0.2, 0.25) is 0 Å². The van der Waals surface area contributed by atoms with Crippen LogP contribution in [0, 0.1) is 18.6 Å². The van der Waals surface area contributed by atoms with E-state index in [0.717, 1.165) is 37.2 Å². The molecule has 2 heterocycles. The normalized spacial score (nSPS) is 13.2. The lowest BCUT2D eigenvalue weighted by molar-refractivity contribution is 0.102. The molecule has 3 aromatic rings. The summed E-state index contributed by atoms with van der Waals surface area (Å²) in [4.78, 5) is 23.3. The Hall–Kier alpha value is -3.35. The Bertz CT molecular complexity index is 1050. The lowest BCUT2D eigenvalue weighted by Gasteiger charge is -2.30. The van der Waals surface area contributed by atoms with Gasteiger partial charge in [0, 0.05) is 24.4 Å². The zero-order valence-corrected chi connectivity index (χ0v) is 15.2. The number of halogens is 2. The summed E-state index contributed by atoms with van der Waals surface area (Å²) >= 11 is 0. The van der Waals surface area contributed by atoms with Crippen LogP contribution < -0.4 is 10.2 Å². The van der Waals surface area contributed by atoms with Crippen molar-refractivity contribution in [2.75, 3.05) is 16.8 Å². The number of nitrogens with zero attached hydrogens (tertiary/aromatic N) is 3. The summed E-state index contributed by atoms with van der Waals surface area (Å²) in [5, 5.41) is 2.44. The molecule has 7 heteroatoms. The number of benzene rings is 2. The van der Waals surface area contributed by atoms with Crippen LogP contribution in [0.2, 0.25) is 0 Å². The second kappa shape index (κ2) is 7.34. The average molecular weight is 380 g/mol. The number of carbonyl (C=O) groups is 1. The minimum atomic E-state index is -0.843. The Kier molecular flexibility index (Phi) is 4.73. The fraction of sp³-hybridized carbons (Fsp3) is 0.190. The highest BCUT2D eigenvalue weighted by Crippen LogP contribution is 2.32. The molecular weight excluding hydrogens is 362 g/mol. The topological polar surface area (TPSA) is 58.1 Å². The van der Waals surface area contributed by atoms with E-state index in [9.17, 15) is 13.6 Å². The molecular formula is C21H18F2N4O. The Morgan fingerprint density at radius 1 is 1.11 bits per heavy atom. The third-order valence-corrected chi connectivity index (χ3v) is 4.62. The number of anilines is 3. The van der Waals surface area contributed by atoms with Crippen molar-refractivity contribution in [3.8, 4) is 0 Å². The fourth-order valence-electron chi connectivity index (χ4n) is 3.36. The summed E-state index contributed by atoms with van der Waals surface area (Å²) in [5.41, 5.74) is 2.30. The minimum absolute atomic E-state index is 0.104. The predicted octanol–water partition coefficient (Wildman–Crippen LogP) is 4.40. The van der Waals surface area contributed by atoms with Crippen molar-refractivity contribution >= 4 is 23.1 Å². The second-order valence-electron chi connectivity index (χ2n) is 6.62. The first-order valence-corrected chi connectivity index (χ1v) is 8.99.